The van der Waals surface area contributed by atoms with E-state index in [1.54, 1.807) is 11.9 Å². The number of likely N-dealkylation sites (N-methyl/N-ethyl adjacent to an activating group) is 1. The first-order valence-electron chi connectivity index (χ1n) is 4.60. The van der Waals surface area contributed by atoms with Crippen LogP contribution in [0.2, 0.25) is 0 Å². The maximum Gasteiger partial charge on any atom is 0.242 e. The standard InChI is InChI=1S/C9H16N2O2/c1-6(2)9(13)11-5-4-7(11)8(12)10-3/h6-7H,4-5H2,1-3H3,(H,10,12). The van der Waals surface area contributed by atoms with Gasteiger partial charge in [-0.3, -0.25) is 9.59 Å². The van der Waals surface area contributed by atoms with E-state index in [0.717, 1.165) is 13.0 Å². The molecule has 0 saturated carbocycles. The number of likely N-dealkylation sites (tertiary alicyclic amines) is 1. The highest BCUT2D eigenvalue weighted by molar-refractivity contribution is 5.89. The molecule has 1 atom stereocenters. The molecule has 1 N–H and O–H groups in total. The second-order valence-electron chi connectivity index (χ2n) is 3.61. The fraction of sp³-hybridized carbons (Fsp3) is 0.778. The molecule has 0 radical (unpaired) electrons. The topological polar surface area (TPSA) is 49.4 Å². The molecule has 1 rings (SSSR count). The molecule has 1 aliphatic heterocycles. The van der Waals surface area contributed by atoms with Crippen LogP contribution in [0.4, 0.5) is 0 Å². The zero-order valence-electron chi connectivity index (χ0n) is 8.33. The van der Waals surface area contributed by atoms with Crippen LogP contribution >= 0.6 is 0 Å². The van der Waals surface area contributed by atoms with E-state index < -0.39 is 0 Å². The SMILES string of the molecule is CNC(=O)C1CCN1C(=O)C(C)C. The van der Waals surface area contributed by atoms with Gasteiger partial charge in [-0.2, -0.15) is 0 Å². The molecule has 1 saturated heterocycles. The monoisotopic (exact) mass is 184 g/mol. The van der Waals surface area contributed by atoms with E-state index in [1.807, 2.05) is 13.8 Å². The summed E-state index contributed by atoms with van der Waals surface area (Å²) in [5.41, 5.74) is 0. The molecule has 0 spiro atoms. The second kappa shape index (κ2) is 3.77. The molecule has 4 heteroatoms. The lowest BCUT2D eigenvalue weighted by atomic mass is 9.99. The summed E-state index contributed by atoms with van der Waals surface area (Å²) in [6.45, 7) is 4.41. The highest BCUT2D eigenvalue weighted by Gasteiger charge is 2.37. The molecule has 0 bridgehead atoms. The first-order valence-corrected chi connectivity index (χ1v) is 4.60. The first kappa shape index (κ1) is 10.0. The van der Waals surface area contributed by atoms with E-state index in [4.69, 9.17) is 0 Å². The lowest BCUT2D eigenvalue weighted by Crippen LogP contribution is -2.58. The van der Waals surface area contributed by atoms with Crippen molar-refractivity contribution in [2.24, 2.45) is 5.92 Å². The van der Waals surface area contributed by atoms with Crippen LogP contribution < -0.4 is 5.32 Å². The number of hydrogen-bond acceptors (Lipinski definition) is 2. The third kappa shape index (κ3) is 1.82. The van der Waals surface area contributed by atoms with Gasteiger partial charge in [-0.15, -0.1) is 0 Å². The van der Waals surface area contributed by atoms with E-state index in [1.165, 1.54) is 0 Å². The molecule has 0 aliphatic carbocycles. The molecule has 74 valence electrons. The Morgan fingerprint density at radius 2 is 2.08 bits per heavy atom. The van der Waals surface area contributed by atoms with Gasteiger partial charge in [-0.05, 0) is 6.42 Å². The Balaban J connectivity index is 2.54. The summed E-state index contributed by atoms with van der Waals surface area (Å²) in [7, 11) is 1.60. The average Bonchev–Trinajstić information content (AvgIpc) is 2.01. The molecular formula is C9H16N2O2. The number of nitrogens with one attached hydrogen (secondary N) is 1. The highest BCUT2D eigenvalue weighted by atomic mass is 16.2. The van der Waals surface area contributed by atoms with Gasteiger partial charge in [0.05, 0.1) is 0 Å². The van der Waals surface area contributed by atoms with Gasteiger partial charge in [-0.25, -0.2) is 0 Å². The van der Waals surface area contributed by atoms with E-state index in [9.17, 15) is 9.59 Å². The lowest BCUT2D eigenvalue weighted by Gasteiger charge is -2.40. The number of hydrogen-bond donors (Lipinski definition) is 1. The van der Waals surface area contributed by atoms with Crippen molar-refractivity contribution < 1.29 is 9.59 Å². The minimum Gasteiger partial charge on any atom is -0.357 e. The largest absolute Gasteiger partial charge is 0.357 e. The smallest absolute Gasteiger partial charge is 0.242 e. The van der Waals surface area contributed by atoms with Crippen molar-refractivity contribution in [2.75, 3.05) is 13.6 Å². The summed E-state index contributed by atoms with van der Waals surface area (Å²) in [5.74, 6) is -0.00689. The fourth-order valence-corrected chi connectivity index (χ4v) is 1.42. The highest BCUT2D eigenvalue weighted by Crippen LogP contribution is 2.19. The molecule has 1 aliphatic rings. The van der Waals surface area contributed by atoms with Gasteiger partial charge >= 0.3 is 0 Å². The molecule has 4 nitrogen and oxygen atoms in total. The van der Waals surface area contributed by atoms with E-state index in [2.05, 4.69) is 5.32 Å². The third-order valence-corrected chi connectivity index (χ3v) is 2.35. The van der Waals surface area contributed by atoms with Gasteiger partial charge in [0.1, 0.15) is 6.04 Å². The normalized spacial score (nSPS) is 21.2. The number of carbonyl (C=O) groups is 2. The molecule has 13 heavy (non-hydrogen) atoms. The number of carbonyl (C=O) groups excluding carboxylic acids is 2. The molecule has 0 aromatic heterocycles. The third-order valence-electron chi connectivity index (χ3n) is 2.35. The number of amides is 2. The quantitative estimate of drug-likeness (QED) is 0.656. The molecule has 1 unspecified atom stereocenters. The van der Waals surface area contributed by atoms with Crippen molar-refractivity contribution in [3.8, 4) is 0 Å². The zero-order chi connectivity index (χ0) is 10.0. The van der Waals surface area contributed by atoms with E-state index in [-0.39, 0.29) is 23.8 Å². The Morgan fingerprint density at radius 3 is 2.38 bits per heavy atom. The maximum absolute atomic E-state index is 11.5. The van der Waals surface area contributed by atoms with Gasteiger partial charge in [0.2, 0.25) is 11.8 Å². The first-order chi connectivity index (χ1) is 6.07. The molecule has 0 aromatic rings. The van der Waals surface area contributed by atoms with Crippen LogP contribution in [0.25, 0.3) is 0 Å². The summed E-state index contributed by atoms with van der Waals surface area (Å²) in [4.78, 5) is 24.4. The molecule has 0 aromatic carbocycles. The van der Waals surface area contributed by atoms with Crippen LogP contribution in [0.3, 0.4) is 0 Å². The Bertz CT molecular complexity index is 226. The predicted octanol–water partition coefficient (Wildman–Crippen LogP) is -0.0107. The fourth-order valence-electron chi connectivity index (χ4n) is 1.42. The summed E-state index contributed by atoms with van der Waals surface area (Å²) in [5, 5.41) is 2.56. The lowest BCUT2D eigenvalue weighted by molar-refractivity contribution is -0.149. The van der Waals surface area contributed by atoms with Crippen molar-refractivity contribution >= 4 is 11.8 Å². The molecular weight excluding hydrogens is 168 g/mol. The minimum absolute atomic E-state index is 0.0209. The summed E-state index contributed by atoms with van der Waals surface area (Å²) >= 11 is 0. The van der Waals surface area contributed by atoms with Crippen molar-refractivity contribution in [1.29, 1.82) is 0 Å². The van der Waals surface area contributed by atoms with Crippen molar-refractivity contribution in [2.45, 2.75) is 26.3 Å². The van der Waals surface area contributed by atoms with Crippen LogP contribution in [0.15, 0.2) is 0 Å². The van der Waals surface area contributed by atoms with Gasteiger partial charge in [0.25, 0.3) is 0 Å². The van der Waals surface area contributed by atoms with Crippen LogP contribution in [0.5, 0.6) is 0 Å². The van der Waals surface area contributed by atoms with Crippen molar-refractivity contribution in [3.05, 3.63) is 0 Å². The zero-order valence-corrected chi connectivity index (χ0v) is 8.33. The second-order valence-corrected chi connectivity index (χ2v) is 3.61. The van der Waals surface area contributed by atoms with E-state index >= 15 is 0 Å². The summed E-state index contributed by atoms with van der Waals surface area (Å²) < 4.78 is 0. The van der Waals surface area contributed by atoms with Gasteiger partial charge in [-0.1, -0.05) is 13.8 Å². The number of rotatable bonds is 2. The van der Waals surface area contributed by atoms with Crippen LogP contribution in [-0.4, -0.2) is 36.3 Å². The average molecular weight is 184 g/mol. The van der Waals surface area contributed by atoms with E-state index in [0.29, 0.717) is 0 Å². The van der Waals surface area contributed by atoms with Crippen molar-refractivity contribution in [1.82, 2.24) is 10.2 Å². The van der Waals surface area contributed by atoms with Gasteiger partial charge in [0.15, 0.2) is 0 Å². The van der Waals surface area contributed by atoms with Gasteiger partial charge in [0, 0.05) is 19.5 Å². The Morgan fingerprint density at radius 1 is 1.46 bits per heavy atom. The summed E-state index contributed by atoms with van der Waals surface area (Å²) in [6.07, 6.45) is 0.790. The van der Waals surface area contributed by atoms with Crippen LogP contribution in [0, 0.1) is 5.92 Å². The molecule has 2 amide bonds. The Kier molecular flexibility index (Phi) is 2.90. The molecule has 1 fully saturated rings. The Hall–Kier alpha value is -1.06. The van der Waals surface area contributed by atoms with Crippen LogP contribution in [0.1, 0.15) is 20.3 Å². The predicted molar refractivity (Wildman–Crippen MR) is 49.0 cm³/mol. The molecule has 1 heterocycles. The minimum atomic E-state index is -0.222. The Labute approximate surface area is 78.3 Å². The van der Waals surface area contributed by atoms with Crippen LogP contribution in [-0.2, 0) is 9.59 Å². The summed E-state index contributed by atoms with van der Waals surface area (Å²) in [6, 6.07) is -0.222. The van der Waals surface area contributed by atoms with Gasteiger partial charge < -0.3 is 10.2 Å². The maximum atomic E-state index is 11.5. The van der Waals surface area contributed by atoms with Crippen molar-refractivity contribution in [3.63, 3.8) is 0 Å². The number of nitrogens with zero attached hydrogens (tertiary/aromatic N) is 1.